The summed E-state index contributed by atoms with van der Waals surface area (Å²) in [6.07, 6.45) is 2.62. The molecule has 0 radical (unpaired) electrons. The van der Waals surface area contributed by atoms with Crippen LogP contribution in [0.5, 0.6) is 0 Å². The normalized spacial score (nSPS) is 26.8. The van der Waals surface area contributed by atoms with E-state index in [0.717, 1.165) is 37.1 Å². The molecule has 5 heteroatoms. The number of nitrogens with one attached hydrogen (secondary N) is 1. The summed E-state index contributed by atoms with van der Waals surface area (Å²) in [5.41, 5.74) is 6.88. The second kappa shape index (κ2) is 4.96. The lowest BCUT2D eigenvalue weighted by atomic mass is 9.94. The van der Waals surface area contributed by atoms with Gasteiger partial charge in [0.15, 0.2) is 0 Å². The lowest BCUT2D eigenvalue weighted by Crippen LogP contribution is -2.40. The summed E-state index contributed by atoms with van der Waals surface area (Å²) >= 11 is 0. The van der Waals surface area contributed by atoms with Crippen LogP contribution in [0.25, 0.3) is 0 Å². The number of aromatic nitrogens is 2. The minimum Gasteiger partial charge on any atom is -0.368 e. The third kappa shape index (κ3) is 2.52. The molecular weight excluding hydrogens is 238 g/mol. The summed E-state index contributed by atoms with van der Waals surface area (Å²) in [7, 11) is 0. The van der Waals surface area contributed by atoms with Gasteiger partial charge in [-0.15, -0.1) is 0 Å². The van der Waals surface area contributed by atoms with Crippen molar-refractivity contribution in [3.8, 4) is 0 Å². The van der Waals surface area contributed by atoms with Crippen LogP contribution in [0.3, 0.4) is 0 Å². The number of fused-ring (bicyclic) bond motifs is 1. The molecule has 5 nitrogen and oxygen atoms in total. The Morgan fingerprint density at radius 2 is 2.21 bits per heavy atom. The molecule has 2 aliphatic heterocycles. The summed E-state index contributed by atoms with van der Waals surface area (Å²) < 4.78 is 0. The minimum absolute atomic E-state index is 0.382. The van der Waals surface area contributed by atoms with Crippen LogP contribution in [0.1, 0.15) is 38.3 Å². The molecule has 3 heterocycles. The summed E-state index contributed by atoms with van der Waals surface area (Å²) in [4.78, 5) is 11.1. The van der Waals surface area contributed by atoms with Crippen LogP contribution in [-0.4, -0.2) is 35.6 Å². The Morgan fingerprint density at radius 1 is 1.37 bits per heavy atom. The van der Waals surface area contributed by atoms with Gasteiger partial charge in [-0.2, -0.15) is 4.98 Å². The van der Waals surface area contributed by atoms with E-state index in [1.165, 1.54) is 12.8 Å². The van der Waals surface area contributed by atoms with Crippen LogP contribution >= 0.6 is 0 Å². The van der Waals surface area contributed by atoms with Gasteiger partial charge in [-0.05, 0) is 31.2 Å². The largest absolute Gasteiger partial charge is 0.368 e. The molecule has 1 aromatic rings. The molecule has 3 rings (SSSR count). The maximum atomic E-state index is 5.85. The number of hydrogen-bond donors (Lipinski definition) is 2. The molecule has 0 unspecified atom stereocenters. The van der Waals surface area contributed by atoms with Gasteiger partial charge < -0.3 is 16.0 Å². The number of nitrogens with two attached hydrogens (primary N) is 1. The highest BCUT2D eigenvalue weighted by molar-refractivity contribution is 5.45. The van der Waals surface area contributed by atoms with Gasteiger partial charge in [-0.3, -0.25) is 0 Å². The van der Waals surface area contributed by atoms with Crippen molar-refractivity contribution in [3.05, 3.63) is 11.8 Å². The van der Waals surface area contributed by atoms with Gasteiger partial charge in [0.2, 0.25) is 5.95 Å². The number of rotatable bonds is 2. The third-order valence-corrected chi connectivity index (χ3v) is 4.26. The Labute approximate surface area is 114 Å². The molecule has 2 saturated heterocycles. The molecule has 0 spiro atoms. The van der Waals surface area contributed by atoms with Crippen molar-refractivity contribution in [2.45, 2.75) is 38.6 Å². The van der Waals surface area contributed by atoms with Gasteiger partial charge in [-0.25, -0.2) is 4.98 Å². The van der Waals surface area contributed by atoms with Gasteiger partial charge in [0.1, 0.15) is 5.82 Å². The molecule has 0 aromatic carbocycles. The first-order valence-electron chi connectivity index (χ1n) is 7.26. The van der Waals surface area contributed by atoms with E-state index in [2.05, 4.69) is 40.1 Å². The second-order valence-electron chi connectivity index (χ2n) is 6.03. The van der Waals surface area contributed by atoms with Gasteiger partial charge in [0, 0.05) is 25.2 Å². The van der Waals surface area contributed by atoms with Crippen LogP contribution in [0, 0.1) is 5.92 Å². The standard InChI is InChI=1S/C14H23N5/c1-9(2)11-6-13(18-14(15)17-11)19-7-10-4-3-5-16-12(10)8-19/h6,9-10,12,16H,3-5,7-8H2,1-2H3,(H2,15,17,18)/t10-,12+/m1/s1. The van der Waals surface area contributed by atoms with E-state index in [9.17, 15) is 0 Å². The Balaban J connectivity index is 1.82. The number of nitrogens with zero attached hydrogens (tertiary/aromatic N) is 3. The van der Waals surface area contributed by atoms with Crippen molar-refractivity contribution in [1.29, 1.82) is 0 Å². The quantitative estimate of drug-likeness (QED) is 0.841. The third-order valence-electron chi connectivity index (χ3n) is 4.26. The Kier molecular flexibility index (Phi) is 3.31. The van der Waals surface area contributed by atoms with E-state index in [-0.39, 0.29) is 0 Å². The van der Waals surface area contributed by atoms with E-state index in [1.807, 2.05) is 0 Å². The molecule has 0 aliphatic carbocycles. The average Bonchev–Trinajstić information content (AvgIpc) is 2.81. The molecule has 104 valence electrons. The summed E-state index contributed by atoms with van der Waals surface area (Å²) in [5, 5.41) is 3.62. The lowest BCUT2D eigenvalue weighted by molar-refractivity contribution is 0.340. The molecule has 1 aromatic heterocycles. The van der Waals surface area contributed by atoms with Crippen LogP contribution in [0.15, 0.2) is 6.07 Å². The first kappa shape index (κ1) is 12.7. The summed E-state index contributed by atoms with van der Waals surface area (Å²) in [6, 6.07) is 2.71. The molecule has 2 fully saturated rings. The zero-order valence-corrected chi connectivity index (χ0v) is 11.8. The minimum atomic E-state index is 0.382. The number of anilines is 2. The highest BCUT2D eigenvalue weighted by Crippen LogP contribution is 2.29. The first-order valence-corrected chi connectivity index (χ1v) is 7.26. The first-order chi connectivity index (χ1) is 9.13. The average molecular weight is 261 g/mol. The number of hydrogen-bond acceptors (Lipinski definition) is 5. The Hall–Kier alpha value is -1.36. The zero-order valence-electron chi connectivity index (χ0n) is 11.8. The summed E-state index contributed by atoms with van der Waals surface area (Å²) in [6.45, 7) is 7.55. The van der Waals surface area contributed by atoms with Crippen LogP contribution in [-0.2, 0) is 0 Å². The monoisotopic (exact) mass is 261 g/mol. The van der Waals surface area contributed by atoms with Crippen molar-refractivity contribution >= 4 is 11.8 Å². The van der Waals surface area contributed by atoms with Crippen molar-refractivity contribution in [3.63, 3.8) is 0 Å². The molecule has 0 bridgehead atoms. The maximum absolute atomic E-state index is 5.85. The highest BCUT2D eigenvalue weighted by atomic mass is 15.3. The fourth-order valence-electron chi connectivity index (χ4n) is 3.16. The fraction of sp³-hybridized carbons (Fsp3) is 0.714. The molecule has 2 aliphatic rings. The zero-order chi connectivity index (χ0) is 13.4. The van der Waals surface area contributed by atoms with E-state index < -0.39 is 0 Å². The lowest BCUT2D eigenvalue weighted by Gasteiger charge is -2.24. The van der Waals surface area contributed by atoms with Gasteiger partial charge in [0.05, 0.1) is 5.69 Å². The highest BCUT2D eigenvalue weighted by Gasteiger charge is 2.35. The molecular formula is C14H23N5. The van der Waals surface area contributed by atoms with Gasteiger partial charge >= 0.3 is 0 Å². The van der Waals surface area contributed by atoms with Gasteiger partial charge in [-0.1, -0.05) is 13.8 Å². The van der Waals surface area contributed by atoms with Crippen molar-refractivity contribution in [2.24, 2.45) is 5.92 Å². The van der Waals surface area contributed by atoms with Crippen LogP contribution < -0.4 is 16.0 Å². The number of nitrogen functional groups attached to an aromatic ring is 1. The van der Waals surface area contributed by atoms with E-state index in [1.54, 1.807) is 0 Å². The Bertz CT molecular complexity index is 445. The van der Waals surface area contributed by atoms with Crippen LogP contribution in [0.2, 0.25) is 0 Å². The smallest absolute Gasteiger partial charge is 0.222 e. The molecule has 0 saturated carbocycles. The topological polar surface area (TPSA) is 67.1 Å². The van der Waals surface area contributed by atoms with Crippen molar-refractivity contribution < 1.29 is 0 Å². The Morgan fingerprint density at radius 3 is 2.95 bits per heavy atom. The predicted octanol–water partition coefficient (Wildman–Crippen LogP) is 1.37. The predicted molar refractivity (Wildman–Crippen MR) is 77.3 cm³/mol. The second-order valence-corrected chi connectivity index (χ2v) is 6.03. The molecule has 2 atom stereocenters. The van der Waals surface area contributed by atoms with Gasteiger partial charge in [0.25, 0.3) is 0 Å². The number of piperidine rings is 1. The van der Waals surface area contributed by atoms with Crippen molar-refractivity contribution in [1.82, 2.24) is 15.3 Å². The van der Waals surface area contributed by atoms with E-state index in [0.29, 0.717) is 17.9 Å². The van der Waals surface area contributed by atoms with Crippen molar-refractivity contribution in [2.75, 3.05) is 30.3 Å². The van der Waals surface area contributed by atoms with E-state index >= 15 is 0 Å². The maximum Gasteiger partial charge on any atom is 0.222 e. The molecule has 3 N–H and O–H groups in total. The van der Waals surface area contributed by atoms with E-state index in [4.69, 9.17) is 5.73 Å². The fourth-order valence-corrected chi connectivity index (χ4v) is 3.16. The molecule has 0 amide bonds. The van der Waals surface area contributed by atoms with Crippen LogP contribution in [0.4, 0.5) is 11.8 Å². The summed E-state index contributed by atoms with van der Waals surface area (Å²) in [5.74, 6) is 2.52. The molecule has 19 heavy (non-hydrogen) atoms. The SMILES string of the molecule is CC(C)c1cc(N2C[C@H]3CCCN[C@H]3C2)nc(N)n1.